The summed E-state index contributed by atoms with van der Waals surface area (Å²) in [6.45, 7) is 10.9. The maximum atomic E-state index is 10.9. The van der Waals surface area contributed by atoms with Gasteiger partial charge in [0, 0.05) is 5.92 Å². The highest BCUT2D eigenvalue weighted by Crippen LogP contribution is 2.47. The van der Waals surface area contributed by atoms with E-state index in [1.165, 1.54) is 44.9 Å². The molecule has 0 aromatic heterocycles. The third-order valence-electron chi connectivity index (χ3n) is 5.90. The molecule has 1 saturated carbocycles. The van der Waals surface area contributed by atoms with Gasteiger partial charge in [0.1, 0.15) is 0 Å². The molecule has 1 aliphatic carbocycles. The maximum absolute atomic E-state index is 10.9. The second kappa shape index (κ2) is 6.58. The summed E-state index contributed by atoms with van der Waals surface area (Å²) in [4.78, 5) is 0. The predicted molar refractivity (Wildman–Crippen MR) is 88.3 cm³/mol. The Morgan fingerprint density at radius 3 is 2.19 bits per heavy atom. The Morgan fingerprint density at radius 1 is 1.10 bits per heavy atom. The fourth-order valence-corrected chi connectivity index (χ4v) is 4.78. The van der Waals surface area contributed by atoms with E-state index in [0.717, 1.165) is 12.3 Å². The Kier molecular flexibility index (Phi) is 5.41. The van der Waals surface area contributed by atoms with Crippen molar-refractivity contribution in [1.29, 1.82) is 0 Å². The van der Waals surface area contributed by atoms with Gasteiger partial charge in [-0.1, -0.05) is 39.0 Å². The summed E-state index contributed by atoms with van der Waals surface area (Å²) in [6.07, 6.45) is 9.93. The highest BCUT2D eigenvalue weighted by molar-refractivity contribution is 4.99. The van der Waals surface area contributed by atoms with Gasteiger partial charge in [-0.2, -0.15) is 0 Å². The number of hydrogen-bond acceptors (Lipinski definition) is 2. The Labute approximate surface area is 131 Å². The first-order valence-corrected chi connectivity index (χ1v) is 9.13. The normalized spacial score (nSPS) is 36.6. The lowest BCUT2D eigenvalue weighted by atomic mass is 9.71. The van der Waals surface area contributed by atoms with Gasteiger partial charge in [0.15, 0.2) is 0 Å². The van der Waals surface area contributed by atoms with Crippen molar-refractivity contribution in [2.75, 3.05) is 0 Å². The van der Waals surface area contributed by atoms with Crippen molar-refractivity contribution in [2.24, 2.45) is 17.8 Å². The van der Waals surface area contributed by atoms with Gasteiger partial charge >= 0.3 is 0 Å². The maximum Gasteiger partial charge on any atom is 0.0687 e. The molecule has 0 bridgehead atoms. The molecule has 0 spiro atoms. The van der Waals surface area contributed by atoms with Gasteiger partial charge in [0.05, 0.1) is 17.3 Å². The first-order valence-electron chi connectivity index (χ1n) is 9.13. The van der Waals surface area contributed by atoms with E-state index in [1.54, 1.807) is 0 Å². The molecule has 2 aliphatic rings. The zero-order valence-corrected chi connectivity index (χ0v) is 14.8. The summed E-state index contributed by atoms with van der Waals surface area (Å²) in [6, 6.07) is 0. The smallest absolute Gasteiger partial charge is 0.0687 e. The quantitative estimate of drug-likeness (QED) is 0.779. The topological polar surface area (TPSA) is 29.5 Å². The van der Waals surface area contributed by atoms with Gasteiger partial charge < -0.3 is 9.84 Å². The highest BCUT2D eigenvalue weighted by atomic mass is 16.5. The number of rotatable bonds is 5. The van der Waals surface area contributed by atoms with Crippen LogP contribution in [0.1, 0.15) is 86.0 Å². The van der Waals surface area contributed by atoms with E-state index in [4.69, 9.17) is 4.74 Å². The summed E-state index contributed by atoms with van der Waals surface area (Å²) < 4.78 is 6.17. The van der Waals surface area contributed by atoms with Crippen LogP contribution in [0.5, 0.6) is 0 Å². The first-order chi connectivity index (χ1) is 9.75. The van der Waals surface area contributed by atoms with E-state index in [2.05, 4.69) is 34.6 Å². The Bertz CT molecular complexity index is 326. The Balaban J connectivity index is 1.88. The van der Waals surface area contributed by atoms with Crippen LogP contribution in [0.25, 0.3) is 0 Å². The second-order valence-corrected chi connectivity index (χ2v) is 8.69. The molecule has 2 atom stereocenters. The number of aliphatic hydroxyl groups is 1. The lowest BCUT2D eigenvalue weighted by molar-refractivity contribution is -0.0961. The fourth-order valence-electron chi connectivity index (χ4n) is 4.78. The molecular weight excluding hydrogens is 260 g/mol. The van der Waals surface area contributed by atoms with Gasteiger partial charge in [-0.15, -0.1) is 0 Å². The van der Waals surface area contributed by atoms with Gasteiger partial charge in [-0.05, 0) is 58.8 Å². The molecule has 1 heterocycles. The van der Waals surface area contributed by atoms with Crippen molar-refractivity contribution in [3.05, 3.63) is 0 Å². The molecule has 2 fully saturated rings. The average molecular weight is 296 g/mol. The summed E-state index contributed by atoms with van der Waals surface area (Å²) in [5.41, 5.74) is -0.282. The zero-order valence-electron chi connectivity index (χ0n) is 14.8. The molecule has 1 saturated heterocycles. The third-order valence-corrected chi connectivity index (χ3v) is 5.90. The largest absolute Gasteiger partial charge is 0.392 e. The molecular formula is C19H36O2. The third kappa shape index (κ3) is 4.22. The van der Waals surface area contributed by atoms with E-state index >= 15 is 0 Å². The summed E-state index contributed by atoms with van der Waals surface area (Å²) in [5, 5.41) is 10.9. The van der Waals surface area contributed by atoms with Crippen molar-refractivity contribution in [3.8, 4) is 0 Å². The predicted octanol–water partition coefficient (Wildman–Crippen LogP) is 4.94. The van der Waals surface area contributed by atoms with Crippen LogP contribution < -0.4 is 0 Å². The number of aliphatic hydroxyl groups excluding tert-OH is 1. The van der Waals surface area contributed by atoms with Crippen molar-refractivity contribution >= 4 is 0 Å². The molecule has 1 aliphatic heterocycles. The zero-order chi connectivity index (χ0) is 15.7. The van der Waals surface area contributed by atoms with E-state index < -0.39 is 0 Å². The van der Waals surface area contributed by atoms with Crippen LogP contribution in [0, 0.1) is 17.8 Å². The minimum Gasteiger partial charge on any atom is -0.392 e. The molecule has 21 heavy (non-hydrogen) atoms. The molecule has 0 radical (unpaired) electrons. The monoisotopic (exact) mass is 296 g/mol. The Hall–Kier alpha value is -0.0800. The number of unbranched alkanes of at least 4 members (excludes halogenated alkanes) is 1. The van der Waals surface area contributed by atoms with Crippen molar-refractivity contribution in [1.82, 2.24) is 0 Å². The SMILES string of the molecule is CCCCC1CCC(C(O)C2CC(C)(C)OC2(C)C)CC1. The number of hydrogen-bond donors (Lipinski definition) is 1. The van der Waals surface area contributed by atoms with Crippen LogP contribution in [0.2, 0.25) is 0 Å². The average Bonchev–Trinajstić information content (AvgIpc) is 2.64. The molecule has 2 heteroatoms. The van der Waals surface area contributed by atoms with Crippen LogP contribution in [-0.4, -0.2) is 22.4 Å². The van der Waals surface area contributed by atoms with Crippen LogP contribution in [-0.2, 0) is 4.74 Å². The molecule has 0 amide bonds. The van der Waals surface area contributed by atoms with E-state index in [9.17, 15) is 5.11 Å². The molecule has 1 N–H and O–H groups in total. The molecule has 0 aromatic carbocycles. The lowest BCUT2D eigenvalue weighted by Gasteiger charge is -2.37. The van der Waals surface area contributed by atoms with Crippen LogP contribution >= 0.6 is 0 Å². The van der Waals surface area contributed by atoms with E-state index in [0.29, 0.717) is 5.92 Å². The van der Waals surface area contributed by atoms with Crippen molar-refractivity contribution in [3.63, 3.8) is 0 Å². The highest BCUT2D eigenvalue weighted by Gasteiger charge is 2.50. The summed E-state index contributed by atoms with van der Waals surface area (Å²) >= 11 is 0. The van der Waals surface area contributed by atoms with E-state index in [-0.39, 0.29) is 23.2 Å². The second-order valence-electron chi connectivity index (χ2n) is 8.69. The van der Waals surface area contributed by atoms with Gasteiger partial charge in [0.25, 0.3) is 0 Å². The summed E-state index contributed by atoms with van der Waals surface area (Å²) in [7, 11) is 0. The fraction of sp³-hybridized carbons (Fsp3) is 1.00. The lowest BCUT2D eigenvalue weighted by Crippen LogP contribution is -2.41. The molecule has 2 nitrogen and oxygen atoms in total. The molecule has 0 aromatic rings. The molecule has 2 rings (SSSR count). The molecule has 2 unspecified atom stereocenters. The van der Waals surface area contributed by atoms with E-state index in [1.807, 2.05) is 0 Å². The standard InChI is InChI=1S/C19H36O2/c1-6-7-8-14-9-11-15(12-10-14)17(20)16-13-18(2,3)21-19(16,4)5/h14-17,20H,6-13H2,1-5H3. The molecule has 124 valence electrons. The Morgan fingerprint density at radius 2 is 1.71 bits per heavy atom. The number of ether oxygens (including phenoxy) is 1. The minimum atomic E-state index is -0.192. The van der Waals surface area contributed by atoms with Gasteiger partial charge in [-0.3, -0.25) is 0 Å². The van der Waals surface area contributed by atoms with Crippen LogP contribution in [0.15, 0.2) is 0 Å². The van der Waals surface area contributed by atoms with Gasteiger partial charge in [-0.25, -0.2) is 0 Å². The van der Waals surface area contributed by atoms with Crippen molar-refractivity contribution < 1.29 is 9.84 Å². The van der Waals surface area contributed by atoms with Crippen LogP contribution in [0.3, 0.4) is 0 Å². The van der Waals surface area contributed by atoms with Crippen molar-refractivity contribution in [2.45, 2.75) is 103 Å². The van der Waals surface area contributed by atoms with Crippen LogP contribution in [0.4, 0.5) is 0 Å². The minimum absolute atomic E-state index is 0.0898. The first kappa shape index (κ1) is 17.3. The van der Waals surface area contributed by atoms with Gasteiger partial charge in [0.2, 0.25) is 0 Å². The summed E-state index contributed by atoms with van der Waals surface area (Å²) in [5.74, 6) is 1.69.